The molecule has 0 atom stereocenters. The first-order valence-corrected chi connectivity index (χ1v) is 9.39. The minimum absolute atomic E-state index is 0.0730. The standard InChI is InChI=1S/C17H14ClNO7S/c1-9(20)10-3-4-13(15(5-10)24-2)26-27(22,23)16-7-14-12(6-11(16)18)19-17(21)8-25-14/h3-7H,8H2,1-2H3,(H,19,21). The number of Topliss-reactive ketones (excluding diaryl/α,β-unsaturated/α-hetero) is 1. The molecule has 1 amide bonds. The van der Waals surface area contributed by atoms with Gasteiger partial charge >= 0.3 is 10.1 Å². The first kappa shape index (κ1) is 19.0. The Balaban J connectivity index is 1.98. The smallest absolute Gasteiger partial charge is 0.340 e. The lowest BCUT2D eigenvalue weighted by Gasteiger charge is -2.19. The summed E-state index contributed by atoms with van der Waals surface area (Å²) in [4.78, 5) is 22.5. The van der Waals surface area contributed by atoms with Gasteiger partial charge in [0, 0.05) is 11.6 Å². The summed E-state index contributed by atoms with van der Waals surface area (Å²) in [6.07, 6.45) is 0. The number of halogens is 1. The number of rotatable bonds is 5. The van der Waals surface area contributed by atoms with E-state index in [-0.39, 0.29) is 51.2 Å². The molecule has 3 rings (SSSR count). The number of methoxy groups -OCH3 is 1. The zero-order chi connectivity index (χ0) is 19.8. The van der Waals surface area contributed by atoms with Crippen LogP contribution >= 0.6 is 11.6 Å². The number of benzene rings is 2. The molecule has 1 heterocycles. The summed E-state index contributed by atoms with van der Waals surface area (Å²) < 4.78 is 40.8. The van der Waals surface area contributed by atoms with E-state index in [1.54, 1.807) is 0 Å². The molecule has 142 valence electrons. The summed E-state index contributed by atoms with van der Waals surface area (Å²) in [5.41, 5.74) is 0.603. The highest BCUT2D eigenvalue weighted by Crippen LogP contribution is 2.38. The highest BCUT2D eigenvalue weighted by atomic mass is 35.5. The highest BCUT2D eigenvalue weighted by Gasteiger charge is 2.27. The van der Waals surface area contributed by atoms with Crippen LogP contribution in [0.5, 0.6) is 17.2 Å². The number of carbonyl (C=O) groups is 2. The van der Waals surface area contributed by atoms with Crippen LogP contribution in [0.1, 0.15) is 17.3 Å². The van der Waals surface area contributed by atoms with Gasteiger partial charge in [-0.3, -0.25) is 9.59 Å². The third-order valence-corrected chi connectivity index (χ3v) is 5.41. The fourth-order valence-electron chi connectivity index (χ4n) is 2.39. The Bertz CT molecular complexity index is 1050. The maximum Gasteiger partial charge on any atom is 0.340 e. The number of carbonyl (C=O) groups excluding carboxylic acids is 2. The van der Waals surface area contributed by atoms with Crippen molar-refractivity contribution in [1.29, 1.82) is 0 Å². The van der Waals surface area contributed by atoms with Gasteiger partial charge in [-0.1, -0.05) is 11.6 Å². The van der Waals surface area contributed by atoms with Crippen LogP contribution in [0.25, 0.3) is 0 Å². The molecule has 1 aliphatic heterocycles. The summed E-state index contributed by atoms with van der Waals surface area (Å²) in [6, 6.07) is 6.54. The largest absolute Gasteiger partial charge is 0.493 e. The monoisotopic (exact) mass is 411 g/mol. The zero-order valence-electron chi connectivity index (χ0n) is 14.2. The predicted octanol–water partition coefficient (Wildman–Crippen LogP) is 2.65. The Kier molecular flexibility index (Phi) is 4.99. The molecule has 8 nitrogen and oxygen atoms in total. The second-order valence-electron chi connectivity index (χ2n) is 5.57. The number of hydrogen-bond donors (Lipinski definition) is 1. The van der Waals surface area contributed by atoms with Crippen LogP contribution in [0.15, 0.2) is 35.2 Å². The average molecular weight is 412 g/mol. The molecule has 0 saturated carbocycles. The number of hydrogen-bond acceptors (Lipinski definition) is 7. The van der Waals surface area contributed by atoms with Crippen molar-refractivity contribution >= 4 is 39.1 Å². The predicted molar refractivity (Wildman–Crippen MR) is 96.4 cm³/mol. The second kappa shape index (κ2) is 7.09. The molecule has 2 aromatic rings. The van der Waals surface area contributed by atoms with Crippen LogP contribution in [0.2, 0.25) is 5.02 Å². The Morgan fingerprint density at radius 3 is 2.63 bits per heavy atom. The van der Waals surface area contributed by atoms with Gasteiger partial charge in [0.15, 0.2) is 23.9 Å². The maximum atomic E-state index is 12.7. The Morgan fingerprint density at radius 2 is 1.96 bits per heavy atom. The van der Waals surface area contributed by atoms with Gasteiger partial charge in [0.1, 0.15) is 10.6 Å². The van der Waals surface area contributed by atoms with E-state index < -0.39 is 10.1 Å². The van der Waals surface area contributed by atoms with Gasteiger partial charge in [-0.05, 0) is 31.2 Å². The summed E-state index contributed by atoms with van der Waals surface area (Å²) in [5.74, 6) is -0.463. The topological polar surface area (TPSA) is 108 Å². The van der Waals surface area contributed by atoms with Crippen molar-refractivity contribution in [2.24, 2.45) is 0 Å². The lowest BCUT2D eigenvalue weighted by Crippen LogP contribution is -2.25. The molecule has 0 aromatic heterocycles. The third-order valence-electron chi connectivity index (χ3n) is 3.71. The summed E-state index contributed by atoms with van der Waals surface area (Å²) in [7, 11) is -3.03. The van der Waals surface area contributed by atoms with Crippen LogP contribution in [-0.2, 0) is 14.9 Å². The fraction of sp³-hybridized carbons (Fsp3) is 0.176. The van der Waals surface area contributed by atoms with Crippen molar-refractivity contribution in [3.63, 3.8) is 0 Å². The average Bonchev–Trinajstić information content (AvgIpc) is 2.60. The van der Waals surface area contributed by atoms with Crippen molar-refractivity contribution in [2.45, 2.75) is 11.8 Å². The molecule has 0 fully saturated rings. The van der Waals surface area contributed by atoms with Gasteiger partial charge in [0.25, 0.3) is 5.91 Å². The molecule has 0 spiro atoms. The molecular formula is C17H14ClNO7S. The van der Waals surface area contributed by atoms with E-state index in [0.717, 1.165) is 0 Å². The van der Waals surface area contributed by atoms with E-state index in [2.05, 4.69) is 5.32 Å². The molecule has 1 aliphatic rings. The van der Waals surface area contributed by atoms with Gasteiger partial charge in [0.05, 0.1) is 17.8 Å². The Hall–Kier alpha value is -2.78. The second-order valence-corrected chi connectivity index (χ2v) is 7.50. The van der Waals surface area contributed by atoms with Crippen LogP contribution < -0.4 is 19.0 Å². The van der Waals surface area contributed by atoms with Crippen LogP contribution in [0.3, 0.4) is 0 Å². The summed E-state index contributed by atoms with van der Waals surface area (Å²) in [6.45, 7) is 1.13. The number of nitrogens with one attached hydrogen (secondary N) is 1. The quantitative estimate of drug-likeness (QED) is 0.595. The third kappa shape index (κ3) is 3.83. The molecule has 1 N–H and O–H groups in total. The minimum Gasteiger partial charge on any atom is -0.493 e. The van der Waals surface area contributed by atoms with Crippen molar-refractivity contribution in [3.8, 4) is 17.2 Å². The lowest BCUT2D eigenvalue weighted by atomic mass is 10.1. The van der Waals surface area contributed by atoms with Gasteiger partial charge in [-0.2, -0.15) is 8.42 Å². The summed E-state index contributed by atoms with van der Waals surface area (Å²) >= 11 is 6.06. The van der Waals surface area contributed by atoms with Crippen molar-refractivity contribution in [1.82, 2.24) is 0 Å². The molecule has 0 aliphatic carbocycles. The SMILES string of the molecule is COc1cc(C(C)=O)ccc1OS(=O)(=O)c1cc2c(cc1Cl)NC(=O)CO2. The van der Waals surface area contributed by atoms with Gasteiger partial charge in [-0.15, -0.1) is 0 Å². The molecule has 0 saturated heterocycles. The van der Waals surface area contributed by atoms with Gasteiger partial charge in [0.2, 0.25) is 0 Å². The van der Waals surface area contributed by atoms with Gasteiger partial charge < -0.3 is 19.0 Å². The zero-order valence-corrected chi connectivity index (χ0v) is 15.8. The molecule has 10 heteroatoms. The number of ketones is 1. The summed E-state index contributed by atoms with van der Waals surface area (Å²) in [5, 5.41) is 2.37. The molecule has 2 aromatic carbocycles. The Morgan fingerprint density at radius 1 is 1.22 bits per heavy atom. The fourth-order valence-corrected chi connectivity index (χ4v) is 3.85. The van der Waals surface area contributed by atoms with Gasteiger partial charge in [-0.25, -0.2) is 0 Å². The van der Waals surface area contributed by atoms with E-state index in [1.807, 2.05) is 0 Å². The lowest BCUT2D eigenvalue weighted by molar-refractivity contribution is -0.118. The normalized spacial score (nSPS) is 13.2. The molecule has 0 unspecified atom stereocenters. The van der Waals surface area contributed by atoms with Crippen molar-refractivity contribution in [3.05, 3.63) is 40.9 Å². The number of ether oxygens (including phenoxy) is 2. The molecule has 0 bridgehead atoms. The number of amides is 1. The van der Waals surface area contributed by atoms with E-state index >= 15 is 0 Å². The van der Waals surface area contributed by atoms with Crippen molar-refractivity contribution in [2.75, 3.05) is 19.0 Å². The first-order valence-electron chi connectivity index (χ1n) is 7.61. The highest BCUT2D eigenvalue weighted by molar-refractivity contribution is 7.87. The molecule has 0 radical (unpaired) electrons. The maximum absolute atomic E-state index is 12.7. The van der Waals surface area contributed by atoms with Crippen LogP contribution in [0, 0.1) is 0 Å². The number of fused-ring (bicyclic) bond motifs is 1. The van der Waals surface area contributed by atoms with E-state index in [0.29, 0.717) is 5.56 Å². The van der Waals surface area contributed by atoms with Crippen molar-refractivity contribution < 1.29 is 31.7 Å². The minimum atomic E-state index is -4.35. The van der Waals surface area contributed by atoms with E-state index in [9.17, 15) is 18.0 Å². The molecule has 27 heavy (non-hydrogen) atoms. The van der Waals surface area contributed by atoms with Crippen LogP contribution in [-0.4, -0.2) is 33.8 Å². The molecular weight excluding hydrogens is 398 g/mol. The number of anilines is 1. The first-order chi connectivity index (χ1) is 12.7. The van der Waals surface area contributed by atoms with E-state index in [1.165, 1.54) is 44.4 Å². The van der Waals surface area contributed by atoms with E-state index in [4.69, 9.17) is 25.3 Å². The van der Waals surface area contributed by atoms with Crippen LogP contribution in [0.4, 0.5) is 5.69 Å². The Labute approximate surface area is 160 Å².